The highest BCUT2D eigenvalue weighted by Gasteiger charge is 2.06. The second-order valence-electron chi connectivity index (χ2n) is 5.32. The molecular formula is C16H19N3O3. The Morgan fingerprint density at radius 3 is 2.45 bits per heavy atom. The number of carbonyl (C=O) groups is 1. The molecule has 0 saturated heterocycles. The number of nitrogens with zero attached hydrogens (tertiary/aromatic N) is 3. The van der Waals surface area contributed by atoms with Crippen LogP contribution in [0.1, 0.15) is 16.8 Å². The molecule has 0 saturated carbocycles. The Morgan fingerprint density at radius 2 is 1.86 bits per heavy atom. The Labute approximate surface area is 128 Å². The number of benzene rings is 1. The van der Waals surface area contributed by atoms with Crippen LogP contribution in [0.2, 0.25) is 0 Å². The van der Waals surface area contributed by atoms with Crippen LogP contribution in [0.15, 0.2) is 41.2 Å². The zero-order valence-electron chi connectivity index (χ0n) is 12.7. The standard InChI is InChI=1S/C16H19N3O3/c1-18(2)10-3-11-19-15(20)9-8-14(17-19)12-4-6-13(7-5-12)16(21)22/h4-9H,3,10-11H2,1-2H3,(H,21,22). The smallest absolute Gasteiger partial charge is 0.335 e. The zero-order chi connectivity index (χ0) is 16.1. The van der Waals surface area contributed by atoms with Gasteiger partial charge >= 0.3 is 5.97 Å². The van der Waals surface area contributed by atoms with Gasteiger partial charge in [0, 0.05) is 18.2 Å². The molecule has 1 aromatic heterocycles. The van der Waals surface area contributed by atoms with Crippen LogP contribution < -0.4 is 5.56 Å². The van der Waals surface area contributed by atoms with Crippen LogP contribution in [0.3, 0.4) is 0 Å². The molecule has 0 atom stereocenters. The number of aromatic nitrogens is 2. The van der Waals surface area contributed by atoms with Gasteiger partial charge in [0.2, 0.25) is 0 Å². The summed E-state index contributed by atoms with van der Waals surface area (Å²) in [4.78, 5) is 24.7. The first-order valence-corrected chi connectivity index (χ1v) is 7.04. The van der Waals surface area contributed by atoms with Crippen molar-refractivity contribution >= 4 is 5.97 Å². The molecule has 0 amide bonds. The predicted molar refractivity (Wildman–Crippen MR) is 84.1 cm³/mol. The molecule has 0 unspecified atom stereocenters. The van der Waals surface area contributed by atoms with E-state index < -0.39 is 5.97 Å². The van der Waals surface area contributed by atoms with E-state index in [4.69, 9.17) is 5.11 Å². The van der Waals surface area contributed by atoms with Crippen LogP contribution in [-0.2, 0) is 6.54 Å². The topological polar surface area (TPSA) is 75.4 Å². The molecule has 2 rings (SSSR count). The van der Waals surface area contributed by atoms with Crippen LogP contribution in [-0.4, -0.2) is 46.4 Å². The largest absolute Gasteiger partial charge is 0.478 e. The lowest BCUT2D eigenvalue weighted by Gasteiger charge is -2.10. The summed E-state index contributed by atoms with van der Waals surface area (Å²) in [6.45, 7) is 1.43. The van der Waals surface area contributed by atoms with Crippen molar-refractivity contribution < 1.29 is 9.90 Å². The SMILES string of the molecule is CN(C)CCCn1nc(-c2ccc(C(=O)O)cc2)ccc1=O. The van der Waals surface area contributed by atoms with E-state index >= 15 is 0 Å². The summed E-state index contributed by atoms with van der Waals surface area (Å²) < 4.78 is 1.45. The van der Waals surface area contributed by atoms with Gasteiger partial charge in [0.25, 0.3) is 5.56 Å². The highest BCUT2D eigenvalue weighted by molar-refractivity contribution is 5.88. The van der Waals surface area contributed by atoms with Gasteiger partial charge in [-0.1, -0.05) is 12.1 Å². The second-order valence-corrected chi connectivity index (χ2v) is 5.32. The van der Waals surface area contributed by atoms with Crippen molar-refractivity contribution in [1.29, 1.82) is 0 Å². The van der Waals surface area contributed by atoms with E-state index in [9.17, 15) is 9.59 Å². The van der Waals surface area contributed by atoms with Crippen LogP contribution in [0.4, 0.5) is 0 Å². The number of hydrogen-bond acceptors (Lipinski definition) is 4. The van der Waals surface area contributed by atoms with Crippen molar-refractivity contribution in [2.24, 2.45) is 0 Å². The van der Waals surface area contributed by atoms with Gasteiger partial charge in [-0.2, -0.15) is 5.10 Å². The summed E-state index contributed by atoms with van der Waals surface area (Å²) in [6.07, 6.45) is 0.835. The van der Waals surface area contributed by atoms with Crippen molar-refractivity contribution in [2.45, 2.75) is 13.0 Å². The zero-order valence-corrected chi connectivity index (χ0v) is 12.7. The summed E-state index contributed by atoms with van der Waals surface area (Å²) in [5.74, 6) is -0.965. The Morgan fingerprint density at radius 1 is 1.18 bits per heavy atom. The van der Waals surface area contributed by atoms with Gasteiger partial charge < -0.3 is 10.0 Å². The minimum absolute atomic E-state index is 0.135. The third kappa shape index (κ3) is 4.02. The van der Waals surface area contributed by atoms with E-state index in [1.54, 1.807) is 18.2 Å². The number of carboxylic acid groups (broad SMARTS) is 1. The van der Waals surface area contributed by atoms with E-state index in [1.807, 2.05) is 14.1 Å². The van der Waals surface area contributed by atoms with E-state index in [0.29, 0.717) is 12.2 Å². The van der Waals surface area contributed by atoms with E-state index in [2.05, 4.69) is 10.00 Å². The fraction of sp³-hybridized carbons (Fsp3) is 0.312. The number of rotatable bonds is 6. The number of carboxylic acids is 1. The van der Waals surface area contributed by atoms with Crippen LogP contribution in [0.25, 0.3) is 11.3 Å². The molecule has 1 N–H and O–H groups in total. The molecule has 6 nitrogen and oxygen atoms in total. The fourth-order valence-electron chi connectivity index (χ4n) is 2.08. The molecule has 116 valence electrons. The highest BCUT2D eigenvalue weighted by Crippen LogP contribution is 2.16. The van der Waals surface area contributed by atoms with Gasteiger partial charge in [-0.3, -0.25) is 4.79 Å². The third-order valence-electron chi connectivity index (χ3n) is 3.27. The molecule has 6 heteroatoms. The van der Waals surface area contributed by atoms with E-state index in [0.717, 1.165) is 18.5 Å². The summed E-state index contributed by atoms with van der Waals surface area (Å²) in [5.41, 5.74) is 1.53. The first-order chi connectivity index (χ1) is 10.5. The molecule has 2 aromatic rings. The molecule has 0 aliphatic rings. The van der Waals surface area contributed by atoms with Crippen LogP contribution in [0, 0.1) is 0 Å². The van der Waals surface area contributed by atoms with Gasteiger partial charge in [0.05, 0.1) is 11.3 Å². The van der Waals surface area contributed by atoms with Gasteiger partial charge in [-0.05, 0) is 45.3 Å². The monoisotopic (exact) mass is 301 g/mol. The van der Waals surface area contributed by atoms with E-state index in [-0.39, 0.29) is 11.1 Å². The van der Waals surface area contributed by atoms with Crippen LogP contribution >= 0.6 is 0 Å². The van der Waals surface area contributed by atoms with E-state index in [1.165, 1.54) is 22.9 Å². The Hall–Kier alpha value is -2.47. The van der Waals surface area contributed by atoms with Crippen molar-refractivity contribution in [3.63, 3.8) is 0 Å². The van der Waals surface area contributed by atoms with Crippen molar-refractivity contribution in [3.8, 4) is 11.3 Å². The van der Waals surface area contributed by atoms with Crippen molar-refractivity contribution in [1.82, 2.24) is 14.7 Å². The summed E-state index contributed by atoms with van der Waals surface area (Å²) in [7, 11) is 3.97. The quantitative estimate of drug-likeness (QED) is 0.876. The number of aromatic carboxylic acids is 1. The fourth-order valence-corrected chi connectivity index (χ4v) is 2.08. The summed E-state index contributed by atoms with van der Waals surface area (Å²) in [5, 5.41) is 13.3. The maximum absolute atomic E-state index is 11.8. The van der Waals surface area contributed by atoms with Gasteiger partial charge in [-0.25, -0.2) is 9.48 Å². The molecule has 0 bridgehead atoms. The Balaban J connectivity index is 2.21. The van der Waals surface area contributed by atoms with Crippen LogP contribution in [0.5, 0.6) is 0 Å². The summed E-state index contributed by atoms with van der Waals surface area (Å²) >= 11 is 0. The molecule has 0 radical (unpaired) electrons. The highest BCUT2D eigenvalue weighted by atomic mass is 16.4. The molecule has 1 heterocycles. The first-order valence-electron chi connectivity index (χ1n) is 7.04. The maximum atomic E-state index is 11.8. The number of hydrogen-bond donors (Lipinski definition) is 1. The average Bonchev–Trinajstić information content (AvgIpc) is 2.49. The lowest BCUT2D eigenvalue weighted by Crippen LogP contribution is -2.24. The molecule has 1 aromatic carbocycles. The number of aryl methyl sites for hydroxylation is 1. The maximum Gasteiger partial charge on any atom is 0.335 e. The Kier molecular flexibility index (Phi) is 5.06. The van der Waals surface area contributed by atoms with Gasteiger partial charge in [0.1, 0.15) is 0 Å². The second kappa shape index (κ2) is 7.00. The molecule has 0 aliphatic heterocycles. The molecule has 22 heavy (non-hydrogen) atoms. The first kappa shape index (κ1) is 15.9. The lowest BCUT2D eigenvalue weighted by molar-refractivity contribution is 0.0697. The third-order valence-corrected chi connectivity index (χ3v) is 3.27. The summed E-state index contributed by atoms with van der Waals surface area (Å²) in [6, 6.07) is 9.59. The average molecular weight is 301 g/mol. The molecule has 0 fully saturated rings. The molecular weight excluding hydrogens is 282 g/mol. The normalized spacial score (nSPS) is 10.9. The Bertz CT molecular complexity index is 705. The van der Waals surface area contributed by atoms with Crippen molar-refractivity contribution in [3.05, 3.63) is 52.3 Å². The molecule has 0 aliphatic carbocycles. The minimum Gasteiger partial charge on any atom is -0.478 e. The minimum atomic E-state index is -0.965. The van der Waals surface area contributed by atoms with Gasteiger partial charge in [0.15, 0.2) is 0 Å². The van der Waals surface area contributed by atoms with Gasteiger partial charge in [-0.15, -0.1) is 0 Å². The molecule has 0 spiro atoms. The lowest BCUT2D eigenvalue weighted by atomic mass is 10.1. The predicted octanol–water partition coefficient (Wildman–Crippen LogP) is 1.56. The van der Waals surface area contributed by atoms with Crippen molar-refractivity contribution in [2.75, 3.05) is 20.6 Å².